The van der Waals surface area contributed by atoms with Crippen LogP contribution < -0.4 is 4.74 Å². The van der Waals surface area contributed by atoms with Crippen LogP contribution in [-0.2, 0) is 9.53 Å². The topological polar surface area (TPSA) is 108 Å². The summed E-state index contributed by atoms with van der Waals surface area (Å²) in [4.78, 5) is 26.1. The van der Waals surface area contributed by atoms with E-state index in [9.17, 15) is 4.79 Å². The number of amides is 1. The van der Waals surface area contributed by atoms with Crippen LogP contribution in [0.4, 0.5) is 0 Å². The molecule has 5 heterocycles. The van der Waals surface area contributed by atoms with E-state index in [2.05, 4.69) is 15.1 Å². The normalized spacial score (nSPS) is 24.1. The molecule has 1 aromatic carbocycles. The number of nitrogens with zero attached hydrogens (tertiary/aromatic N) is 3. The van der Waals surface area contributed by atoms with Crippen molar-refractivity contribution in [3.05, 3.63) is 23.9 Å². The molecule has 4 saturated heterocycles. The summed E-state index contributed by atoms with van der Waals surface area (Å²) in [7, 11) is 0. The van der Waals surface area contributed by atoms with E-state index in [1.165, 1.54) is 0 Å². The molecule has 0 atom stereocenters. The summed E-state index contributed by atoms with van der Waals surface area (Å²) in [5.41, 5.74) is 1.39. The lowest BCUT2D eigenvalue weighted by atomic mass is 10.0. The minimum absolute atomic E-state index is 0.0400. The minimum atomic E-state index is -0.250. The van der Waals surface area contributed by atoms with Gasteiger partial charge in [0.05, 0.1) is 18.7 Å². The Morgan fingerprint density at radius 2 is 1.90 bits per heavy atom. The van der Waals surface area contributed by atoms with Gasteiger partial charge in [-0.3, -0.25) is 14.7 Å². The van der Waals surface area contributed by atoms with E-state index in [-0.39, 0.29) is 18.5 Å². The van der Waals surface area contributed by atoms with Gasteiger partial charge in [-0.2, -0.15) is 5.10 Å². The van der Waals surface area contributed by atoms with Crippen LogP contribution in [0.25, 0.3) is 10.9 Å². The Balaban J connectivity index is 0.000000687. The predicted molar refractivity (Wildman–Crippen MR) is 110 cm³/mol. The van der Waals surface area contributed by atoms with Crippen LogP contribution in [0.5, 0.6) is 5.75 Å². The number of aromatic amines is 1. The molecule has 0 saturated carbocycles. The lowest BCUT2D eigenvalue weighted by molar-refractivity contribution is -0.122. The summed E-state index contributed by atoms with van der Waals surface area (Å²) < 4.78 is 11.5. The maximum Gasteiger partial charge on any atom is 0.290 e. The molecular weight excluding hydrogens is 388 g/mol. The van der Waals surface area contributed by atoms with Gasteiger partial charge in [0.2, 0.25) is 0 Å². The third kappa shape index (κ3) is 4.41. The maximum atomic E-state index is 13.3. The van der Waals surface area contributed by atoms with E-state index in [0.717, 1.165) is 81.7 Å². The van der Waals surface area contributed by atoms with Crippen LogP contribution in [-0.4, -0.2) is 89.0 Å². The highest BCUT2D eigenvalue weighted by atomic mass is 16.5. The summed E-state index contributed by atoms with van der Waals surface area (Å²) >= 11 is 0. The summed E-state index contributed by atoms with van der Waals surface area (Å²) in [5, 5.41) is 15.1. The van der Waals surface area contributed by atoms with E-state index >= 15 is 0 Å². The number of hydrogen-bond acceptors (Lipinski definition) is 6. The van der Waals surface area contributed by atoms with Gasteiger partial charge in [-0.05, 0) is 31.0 Å². The van der Waals surface area contributed by atoms with E-state index in [1.54, 1.807) is 0 Å². The van der Waals surface area contributed by atoms with E-state index in [0.29, 0.717) is 11.7 Å². The number of fused-ring (bicyclic) bond motifs is 5. The molecular formula is C21H28N4O5. The molecule has 9 heteroatoms. The van der Waals surface area contributed by atoms with E-state index in [1.807, 2.05) is 23.1 Å². The first kappa shape index (κ1) is 20.6. The molecule has 0 spiro atoms. The van der Waals surface area contributed by atoms with Gasteiger partial charge in [0.25, 0.3) is 12.4 Å². The third-order valence-electron chi connectivity index (χ3n) is 6.12. The first-order valence-corrected chi connectivity index (χ1v) is 10.5. The Hall–Kier alpha value is -2.65. The van der Waals surface area contributed by atoms with Crippen molar-refractivity contribution in [1.82, 2.24) is 20.0 Å². The molecule has 30 heavy (non-hydrogen) atoms. The first-order valence-electron chi connectivity index (χ1n) is 10.5. The Labute approximate surface area is 174 Å². The van der Waals surface area contributed by atoms with Gasteiger partial charge < -0.3 is 24.4 Å². The molecule has 4 aliphatic rings. The van der Waals surface area contributed by atoms with Crippen molar-refractivity contribution in [1.29, 1.82) is 0 Å². The molecule has 9 nitrogen and oxygen atoms in total. The lowest BCUT2D eigenvalue weighted by Crippen LogP contribution is -2.41. The highest BCUT2D eigenvalue weighted by Gasteiger charge is 2.33. The molecule has 1 aromatic heterocycles. The number of benzene rings is 1. The number of carboxylic acid groups (broad SMARTS) is 1. The lowest BCUT2D eigenvalue weighted by Gasteiger charge is -2.31. The number of carbonyl (C=O) groups excluding carboxylic acids is 1. The number of rotatable bonds is 3. The number of H-pyrrole nitrogens is 1. The molecule has 2 N–H and O–H groups in total. The second-order valence-corrected chi connectivity index (χ2v) is 7.89. The van der Waals surface area contributed by atoms with E-state index in [4.69, 9.17) is 19.4 Å². The average Bonchev–Trinajstić information content (AvgIpc) is 2.95. The summed E-state index contributed by atoms with van der Waals surface area (Å²) in [6.45, 7) is 5.18. The number of carbonyl (C=O) groups is 2. The van der Waals surface area contributed by atoms with Crippen molar-refractivity contribution in [3.8, 4) is 5.75 Å². The highest BCUT2D eigenvalue weighted by molar-refractivity contribution is 6.05. The Morgan fingerprint density at radius 3 is 2.63 bits per heavy atom. The van der Waals surface area contributed by atoms with Gasteiger partial charge >= 0.3 is 0 Å². The van der Waals surface area contributed by atoms with Crippen molar-refractivity contribution < 1.29 is 24.2 Å². The zero-order valence-corrected chi connectivity index (χ0v) is 17.0. The number of nitrogens with one attached hydrogen (secondary N) is 1. The fraction of sp³-hybridized carbons (Fsp3) is 0.571. The monoisotopic (exact) mass is 416 g/mol. The number of aromatic nitrogens is 2. The molecule has 0 aliphatic carbocycles. The zero-order valence-electron chi connectivity index (χ0n) is 17.0. The molecule has 0 radical (unpaired) electrons. The number of ether oxygens (including phenoxy) is 2. The zero-order chi connectivity index (χ0) is 20.9. The molecule has 2 aromatic rings. The second-order valence-electron chi connectivity index (χ2n) is 7.89. The van der Waals surface area contributed by atoms with Gasteiger partial charge in [0.1, 0.15) is 11.9 Å². The molecule has 1 amide bonds. The maximum absolute atomic E-state index is 13.3. The molecule has 4 aliphatic heterocycles. The van der Waals surface area contributed by atoms with E-state index < -0.39 is 0 Å². The largest absolute Gasteiger partial charge is 0.490 e. The average molecular weight is 416 g/mol. The van der Waals surface area contributed by atoms with Gasteiger partial charge in [-0.25, -0.2) is 0 Å². The van der Waals surface area contributed by atoms with Crippen LogP contribution >= 0.6 is 0 Å². The minimum Gasteiger partial charge on any atom is -0.490 e. The third-order valence-corrected chi connectivity index (χ3v) is 6.12. The fourth-order valence-corrected chi connectivity index (χ4v) is 4.51. The molecule has 4 fully saturated rings. The van der Waals surface area contributed by atoms with Gasteiger partial charge in [0.15, 0.2) is 5.69 Å². The fourth-order valence-electron chi connectivity index (χ4n) is 4.51. The van der Waals surface area contributed by atoms with Crippen molar-refractivity contribution in [2.24, 2.45) is 0 Å². The Bertz CT molecular complexity index is 871. The van der Waals surface area contributed by atoms with Crippen molar-refractivity contribution in [3.63, 3.8) is 0 Å². The van der Waals surface area contributed by atoms with Gasteiger partial charge in [0, 0.05) is 50.4 Å². The molecule has 2 bridgehead atoms. The number of hydrogen-bond donors (Lipinski definition) is 2. The predicted octanol–water partition coefficient (Wildman–Crippen LogP) is 1.74. The van der Waals surface area contributed by atoms with Gasteiger partial charge in [-0.15, -0.1) is 0 Å². The summed E-state index contributed by atoms with van der Waals surface area (Å²) in [6, 6.07) is 6.20. The SMILES string of the molecule is O=C(c1n[nH]c2ccc(OC3CCOCC3)cc12)N1CCN2CCC1CC2.O=CO. The molecule has 0 unspecified atom stereocenters. The summed E-state index contributed by atoms with van der Waals surface area (Å²) in [6.07, 6.45) is 4.11. The Kier molecular flexibility index (Phi) is 6.49. The smallest absolute Gasteiger partial charge is 0.290 e. The molecule has 162 valence electrons. The number of piperidine rings is 1. The highest BCUT2D eigenvalue weighted by Crippen LogP contribution is 2.28. The second kappa shape index (κ2) is 9.44. The van der Waals surface area contributed by atoms with Crippen LogP contribution in [0.1, 0.15) is 36.2 Å². The standard InChI is InChI=1S/C20H26N4O3.CH2O2/c25-20(24-10-9-23-7-3-14(24)4-8-23)19-17-13-16(1-2-18(17)21-22-19)27-15-5-11-26-12-6-15;2-1-3/h1-2,13-15H,3-12H2,(H,21,22);1H,(H,2,3). The van der Waals surface area contributed by atoms with Crippen LogP contribution in [0, 0.1) is 0 Å². The van der Waals surface area contributed by atoms with Crippen LogP contribution in [0.2, 0.25) is 0 Å². The van der Waals surface area contributed by atoms with Crippen molar-refractivity contribution in [2.45, 2.75) is 37.8 Å². The van der Waals surface area contributed by atoms with Crippen molar-refractivity contribution in [2.75, 3.05) is 39.4 Å². The summed E-state index contributed by atoms with van der Waals surface area (Å²) in [5.74, 6) is 0.839. The van der Waals surface area contributed by atoms with Crippen LogP contribution in [0.15, 0.2) is 18.2 Å². The van der Waals surface area contributed by atoms with Crippen molar-refractivity contribution >= 4 is 23.3 Å². The quantitative estimate of drug-likeness (QED) is 0.734. The molecule has 6 rings (SSSR count). The van der Waals surface area contributed by atoms with Crippen LogP contribution in [0.3, 0.4) is 0 Å². The van der Waals surface area contributed by atoms with Gasteiger partial charge in [-0.1, -0.05) is 0 Å². The first-order chi connectivity index (χ1) is 14.7. The Morgan fingerprint density at radius 1 is 1.17 bits per heavy atom.